The van der Waals surface area contributed by atoms with E-state index < -0.39 is 0 Å². The van der Waals surface area contributed by atoms with Crippen molar-refractivity contribution in [2.75, 3.05) is 0 Å². The van der Waals surface area contributed by atoms with Gasteiger partial charge in [-0.1, -0.05) is 109 Å². The first-order valence-electron chi connectivity index (χ1n) is 14.4. The molecule has 0 nitrogen and oxygen atoms in total. The zero-order valence-electron chi connectivity index (χ0n) is 21.1. The molecule has 1 aromatic rings. The predicted molar refractivity (Wildman–Crippen MR) is 138 cm³/mol. The molecular formula is C31H52. The van der Waals surface area contributed by atoms with E-state index in [0.717, 1.165) is 23.7 Å². The van der Waals surface area contributed by atoms with Crippen molar-refractivity contribution in [1.82, 2.24) is 0 Å². The Bertz CT molecular complexity index is 554. The van der Waals surface area contributed by atoms with Gasteiger partial charge in [-0.05, 0) is 86.2 Å². The summed E-state index contributed by atoms with van der Waals surface area (Å²) in [7, 11) is 0. The van der Waals surface area contributed by atoms with Crippen LogP contribution < -0.4 is 0 Å². The molecule has 0 saturated heterocycles. The van der Waals surface area contributed by atoms with Gasteiger partial charge in [0.2, 0.25) is 0 Å². The fourth-order valence-electron chi connectivity index (χ4n) is 6.57. The third-order valence-corrected chi connectivity index (χ3v) is 8.85. The second-order valence-corrected chi connectivity index (χ2v) is 11.2. The number of unbranched alkanes of at least 4 members (excludes halogenated alkanes) is 5. The minimum atomic E-state index is 0.996. The van der Waals surface area contributed by atoms with Gasteiger partial charge in [0.15, 0.2) is 0 Å². The van der Waals surface area contributed by atoms with Gasteiger partial charge in [0.05, 0.1) is 0 Å². The van der Waals surface area contributed by atoms with Crippen molar-refractivity contribution >= 4 is 0 Å². The number of hydrogen-bond donors (Lipinski definition) is 0. The molecule has 0 aliphatic heterocycles. The average Bonchev–Trinajstić information content (AvgIpc) is 2.83. The van der Waals surface area contributed by atoms with E-state index in [1.807, 2.05) is 0 Å². The fraction of sp³-hybridized carbons (Fsp3) is 0.806. The van der Waals surface area contributed by atoms with Gasteiger partial charge in [0.25, 0.3) is 0 Å². The van der Waals surface area contributed by atoms with Crippen molar-refractivity contribution in [2.45, 2.75) is 136 Å². The first kappa shape index (κ1) is 24.9. The lowest BCUT2D eigenvalue weighted by atomic mass is 9.68. The highest BCUT2D eigenvalue weighted by Crippen LogP contribution is 2.43. The Morgan fingerprint density at radius 1 is 0.516 bits per heavy atom. The molecule has 0 N–H and O–H groups in total. The Morgan fingerprint density at radius 2 is 1.00 bits per heavy atom. The molecule has 0 radical (unpaired) electrons. The van der Waals surface area contributed by atoms with Crippen LogP contribution in [0.5, 0.6) is 0 Å². The van der Waals surface area contributed by atoms with Crippen LogP contribution in [0.25, 0.3) is 0 Å². The highest BCUT2D eigenvalue weighted by atomic mass is 14.4. The normalized spacial score (nSPS) is 26.8. The molecule has 0 atom stereocenters. The Labute approximate surface area is 195 Å². The summed E-state index contributed by atoms with van der Waals surface area (Å²) in [5.74, 6) is 4.21. The fourth-order valence-corrected chi connectivity index (χ4v) is 6.57. The maximum absolute atomic E-state index is 2.42. The standard InChI is InChI=1S/C31H52/c1-3-5-7-8-9-11-27-12-14-28(15-13-27)16-17-29-20-24-31(25-21-29)30-22-18-26(19-23-30)10-6-4-2/h12-15,26,29-31H,3-11,16-25H2,1-2H3. The molecule has 176 valence electrons. The average molecular weight is 425 g/mol. The minimum absolute atomic E-state index is 0.996. The number of hydrogen-bond acceptors (Lipinski definition) is 0. The van der Waals surface area contributed by atoms with Crippen molar-refractivity contribution in [2.24, 2.45) is 23.7 Å². The van der Waals surface area contributed by atoms with Crippen molar-refractivity contribution in [3.05, 3.63) is 35.4 Å². The van der Waals surface area contributed by atoms with Gasteiger partial charge in [0.1, 0.15) is 0 Å². The molecule has 2 saturated carbocycles. The van der Waals surface area contributed by atoms with Crippen LogP contribution >= 0.6 is 0 Å². The second-order valence-electron chi connectivity index (χ2n) is 11.2. The van der Waals surface area contributed by atoms with Gasteiger partial charge >= 0.3 is 0 Å². The Hall–Kier alpha value is -0.780. The van der Waals surface area contributed by atoms with Crippen molar-refractivity contribution in [3.63, 3.8) is 0 Å². The summed E-state index contributed by atoms with van der Waals surface area (Å²) >= 11 is 0. The Kier molecular flexibility index (Phi) is 11.5. The van der Waals surface area contributed by atoms with Gasteiger partial charge in [-0.25, -0.2) is 0 Å². The van der Waals surface area contributed by atoms with Crippen LogP contribution in [-0.2, 0) is 12.8 Å². The lowest BCUT2D eigenvalue weighted by Crippen LogP contribution is -2.26. The first-order chi connectivity index (χ1) is 15.3. The van der Waals surface area contributed by atoms with E-state index in [4.69, 9.17) is 0 Å². The lowest BCUT2D eigenvalue weighted by molar-refractivity contribution is 0.140. The lowest BCUT2D eigenvalue weighted by Gasteiger charge is -2.38. The predicted octanol–water partition coefficient (Wildman–Crippen LogP) is 9.94. The molecule has 3 rings (SSSR count). The SMILES string of the molecule is CCCCCCCc1ccc(CCC2CCC(C3CCC(CCCC)CC3)CC2)cc1. The minimum Gasteiger partial charge on any atom is -0.0654 e. The van der Waals surface area contributed by atoms with E-state index in [2.05, 4.69) is 38.1 Å². The molecule has 0 bridgehead atoms. The van der Waals surface area contributed by atoms with Crippen LogP contribution in [0, 0.1) is 23.7 Å². The van der Waals surface area contributed by atoms with Crippen LogP contribution in [-0.4, -0.2) is 0 Å². The van der Waals surface area contributed by atoms with Gasteiger partial charge in [-0.3, -0.25) is 0 Å². The molecule has 2 aliphatic rings. The molecule has 0 spiro atoms. The molecule has 0 amide bonds. The third-order valence-electron chi connectivity index (χ3n) is 8.85. The summed E-state index contributed by atoms with van der Waals surface area (Å²) in [4.78, 5) is 0. The van der Waals surface area contributed by atoms with Crippen LogP contribution in [0.2, 0.25) is 0 Å². The molecule has 2 aliphatic carbocycles. The van der Waals surface area contributed by atoms with Crippen molar-refractivity contribution in [3.8, 4) is 0 Å². The van der Waals surface area contributed by atoms with E-state index >= 15 is 0 Å². The molecule has 2 fully saturated rings. The Morgan fingerprint density at radius 3 is 1.55 bits per heavy atom. The third kappa shape index (κ3) is 8.94. The summed E-state index contributed by atoms with van der Waals surface area (Å²) in [5.41, 5.74) is 3.12. The molecule has 1 aromatic carbocycles. The van der Waals surface area contributed by atoms with Gasteiger partial charge < -0.3 is 0 Å². The highest BCUT2D eigenvalue weighted by Gasteiger charge is 2.30. The summed E-state index contributed by atoms with van der Waals surface area (Å²) in [6.45, 7) is 4.64. The number of aryl methyl sites for hydroxylation is 2. The van der Waals surface area contributed by atoms with Crippen molar-refractivity contribution in [1.29, 1.82) is 0 Å². The van der Waals surface area contributed by atoms with E-state index in [1.54, 1.807) is 36.8 Å². The van der Waals surface area contributed by atoms with E-state index in [1.165, 1.54) is 96.3 Å². The van der Waals surface area contributed by atoms with E-state index in [0.29, 0.717) is 0 Å². The molecule has 0 heteroatoms. The maximum atomic E-state index is 2.42. The van der Waals surface area contributed by atoms with Crippen LogP contribution in [0.4, 0.5) is 0 Å². The van der Waals surface area contributed by atoms with Gasteiger partial charge in [-0.15, -0.1) is 0 Å². The quantitative estimate of drug-likeness (QED) is 0.276. The summed E-state index contributed by atoms with van der Waals surface area (Å²) < 4.78 is 0. The zero-order valence-corrected chi connectivity index (χ0v) is 21.1. The van der Waals surface area contributed by atoms with Crippen LogP contribution in [0.1, 0.15) is 134 Å². The highest BCUT2D eigenvalue weighted by molar-refractivity contribution is 5.22. The zero-order chi connectivity index (χ0) is 21.7. The second kappa shape index (κ2) is 14.4. The molecule has 0 unspecified atom stereocenters. The monoisotopic (exact) mass is 424 g/mol. The van der Waals surface area contributed by atoms with Crippen LogP contribution in [0.3, 0.4) is 0 Å². The molecule has 31 heavy (non-hydrogen) atoms. The number of rotatable bonds is 13. The topological polar surface area (TPSA) is 0 Å². The molecular weight excluding hydrogens is 372 g/mol. The maximum Gasteiger partial charge on any atom is -0.0276 e. The molecule has 0 heterocycles. The summed E-state index contributed by atoms with van der Waals surface area (Å²) in [6, 6.07) is 9.65. The largest absolute Gasteiger partial charge is 0.0654 e. The van der Waals surface area contributed by atoms with Crippen molar-refractivity contribution < 1.29 is 0 Å². The molecule has 0 aromatic heterocycles. The van der Waals surface area contributed by atoms with E-state index in [9.17, 15) is 0 Å². The summed E-state index contributed by atoms with van der Waals surface area (Å²) in [6.07, 6.45) is 27.5. The van der Waals surface area contributed by atoms with Gasteiger partial charge in [-0.2, -0.15) is 0 Å². The van der Waals surface area contributed by atoms with Gasteiger partial charge in [0, 0.05) is 0 Å². The van der Waals surface area contributed by atoms with Crippen LogP contribution in [0.15, 0.2) is 24.3 Å². The number of benzene rings is 1. The Balaban J connectivity index is 1.28. The smallest absolute Gasteiger partial charge is 0.0276 e. The van der Waals surface area contributed by atoms with E-state index in [-0.39, 0.29) is 0 Å². The first-order valence-corrected chi connectivity index (χ1v) is 14.4. The summed E-state index contributed by atoms with van der Waals surface area (Å²) in [5, 5.41) is 0.